The average molecular weight is 1460 g/mol. The number of ether oxygens (including phenoxy) is 2. The van der Waals surface area contributed by atoms with Gasteiger partial charge in [-0.1, -0.05) is 351 Å². The maximum Gasteiger partial charge on any atom is 0.328 e. The van der Waals surface area contributed by atoms with Crippen LogP contribution in [0.15, 0.2) is 215 Å². The summed E-state index contributed by atoms with van der Waals surface area (Å²) in [6, 6.07) is 77.2. The fourth-order valence-electron chi connectivity index (χ4n) is 16.8. The van der Waals surface area contributed by atoms with Crippen molar-refractivity contribution in [2.24, 2.45) is 35.5 Å². The van der Waals surface area contributed by atoms with Gasteiger partial charge in [-0.3, -0.25) is 0 Å². The van der Waals surface area contributed by atoms with E-state index in [1.807, 2.05) is 50.2 Å². The highest BCUT2D eigenvalue weighted by Crippen LogP contribution is 2.40. The van der Waals surface area contributed by atoms with E-state index in [2.05, 4.69) is 246 Å². The van der Waals surface area contributed by atoms with Crippen molar-refractivity contribution in [3.63, 3.8) is 0 Å². The standard InChI is InChI=1S/C98H114B2N6O4/c1-11-15-23-37-69(5)53-57-77(73(9)39-25-17-13-3)67-107-83-51-35-41-75(63-83)93-91-92(96(86(66-102)98-104-88-62-72(8)56-60-90(88)110-98)105(93)99(79-43-27-19-28-44-79)80-45-29-20-30-46-80)94(76-42-36-52-84(64-76)108-68-78(74(10)40-26-18-14-4)58-54-70(6)38-24-16-12-2)106(100(81-47-31-21-32-48-81)82-49-33-22-34-50-82)95(91)85(65-101)97-103-87-61-71(7)55-59-89(87)109-97/h19-22,27-36,41-52,55-56,59-64,69-70,73-74,77-78H,11-18,23-26,37-40,53-54,57-58,67-68H2,1-10H3/b95-85-,96-86-. The van der Waals surface area contributed by atoms with Gasteiger partial charge in [-0.15, -0.1) is 0 Å². The van der Waals surface area contributed by atoms with Crippen molar-refractivity contribution in [3.05, 3.63) is 240 Å². The van der Waals surface area contributed by atoms with Crippen LogP contribution in [0, 0.1) is 72.0 Å². The van der Waals surface area contributed by atoms with Gasteiger partial charge in [-0.05, 0) is 122 Å². The van der Waals surface area contributed by atoms with Gasteiger partial charge in [0.05, 0.1) is 23.9 Å². The molecule has 0 bridgehead atoms. The van der Waals surface area contributed by atoms with Crippen LogP contribution < -0.4 is 42.0 Å². The Bertz CT molecular complexity index is 4760. The lowest BCUT2D eigenvalue weighted by molar-refractivity contribution is 0.175. The van der Waals surface area contributed by atoms with Gasteiger partial charge in [0, 0.05) is 33.3 Å². The van der Waals surface area contributed by atoms with Gasteiger partial charge in [-0.2, -0.15) is 10.5 Å². The van der Waals surface area contributed by atoms with E-state index in [9.17, 15) is 10.5 Å². The number of hydrogen-bond acceptors (Lipinski definition) is 8. The molecule has 0 aliphatic carbocycles. The van der Waals surface area contributed by atoms with Crippen molar-refractivity contribution in [1.29, 1.82) is 10.5 Å². The summed E-state index contributed by atoms with van der Waals surface area (Å²) in [5.41, 5.74) is 11.7. The molecule has 0 spiro atoms. The first-order chi connectivity index (χ1) is 53.8. The summed E-state index contributed by atoms with van der Waals surface area (Å²) in [5, 5.41) is 28.1. The van der Waals surface area contributed by atoms with Gasteiger partial charge < -0.3 is 27.3 Å². The van der Waals surface area contributed by atoms with Crippen LogP contribution in [-0.2, 0) is 0 Å². The summed E-state index contributed by atoms with van der Waals surface area (Å²) < 4.78 is 33.5. The zero-order chi connectivity index (χ0) is 76.9. The molecule has 0 radical (unpaired) electrons. The Kier molecular flexibility index (Phi) is 28.2. The number of benzene rings is 8. The summed E-state index contributed by atoms with van der Waals surface area (Å²) in [7, 11) is 0. The van der Waals surface area contributed by atoms with Crippen LogP contribution in [0.3, 0.4) is 0 Å². The van der Waals surface area contributed by atoms with E-state index < -0.39 is 13.7 Å². The van der Waals surface area contributed by atoms with Crippen LogP contribution in [-0.4, -0.2) is 45.8 Å². The normalized spacial score (nSPS) is 13.9. The molecule has 4 aromatic heterocycles. The first-order valence-electron chi connectivity index (χ1n) is 41.6. The summed E-state index contributed by atoms with van der Waals surface area (Å²) in [6.45, 7) is 22.9. The molecule has 12 rings (SSSR count). The SMILES string of the molecule is CCCCCC(C)CCC(COc1cccc(-c2c3/c(=C(\C#N)c4nc5cc(C)ccc5o4)n(B(c4ccccc4)c4ccccc4)c(-c4cccc(OCC(CCC(C)CCCCC)C(C)CCCCC)c4)c3/c(=C(\C#N)c3nc4cc(C)ccc4o3)n2B(c2ccccc2)c2ccccc2)c1)C(C)CCCCC. The van der Waals surface area contributed by atoms with Crippen LogP contribution >= 0.6 is 0 Å². The largest absolute Gasteiger partial charge is 0.493 e. The third-order valence-electron chi connectivity index (χ3n) is 23.3. The van der Waals surface area contributed by atoms with Crippen molar-refractivity contribution in [2.75, 3.05) is 13.2 Å². The second-order valence-electron chi connectivity index (χ2n) is 31.8. The molecule has 6 unspecified atom stereocenters. The number of aryl methyl sites for hydroxylation is 2. The Morgan fingerprint density at radius 2 is 0.745 bits per heavy atom. The predicted molar refractivity (Wildman–Crippen MR) is 460 cm³/mol. The van der Waals surface area contributed by atoms with Gasteiger partial charge in [0.15, 0.2) is 11.2 Å². The van der Waals surface area contributed by atoms with Gasteiger partial charge in [0.2, 0.25) is 11.8 Å². The minimum Gasteiger partial charge on any atom is -0.493 e. The molecule has 4 heterocycles. The molecule has 110 heavy (non-hydrogen) atoms. The highest BCUT2D eigenvalue weighted by Gasteiger charge is 2.39. The van der Waals surface area contributed by atoms with E-state index >= 15 is 0 Å². The Balaban J connectivity index is 1.25. The molecule has 0 saturated carbocycles. The summed E-state index contributed by atoms with van der Waals surface area (Å²) in [4.78, 5) is 10.7. The second-order valence-corrected chi connectivity index (χ2v) is 31.8. The van der Waals surface area contributed by atoms with E-state index in [-0.39, 0.29) is 22.9 Å². The number of rotatable bonds is 40. The number of hydrogen-bond donors (Lipinski definition) is 0. The van der Waals surface area contributed by atoms with Crippen molar-refractivity contribution in [1.82, 2.24) is 18.9 Å². The zero-order valence-electron chi connectivity index (χ0n) is 67.1. The van der Waals surface area contributed by atoms with Crippen molar-refractivity contribution in [2.45, 2.75) is 198 Å². The molecule has 12 aromatic rings. The monoisotopic (exact) mass is 1460 g/mol. The molecule has 6 atom stereocenters. The Labute approximate surface area is 655 Å². The number of unbranched alkanes of at least 4 members (excludes halogenated alkanes) is 8. The van der Waals surface area contributed by atoms with Crippen LogP contribution in [0.4, 0.5) is 0 Å². The van der Waals surface area contributed by atoms with Gasteiger partial charge in [0.25, 0.3) is 0 Å². The maximum atomic E-state index is 12.8. The topological polar surface area (TPSA) is 128 Å². The van der Waals surface area contributed by atoms with Crippen LogP contribution in [0.5, 0.6) is 11.5 Å². The summed E-state index contributed by atoms with van der Waals surface area (Å²) in [6.07, 6.45) is 23.9. The molecular formula is C98H114B2N6O4. The molecule has 0 N–H and O–H groups in total. The molecule has 0 saturated heterocycles. The summed E-state index contributed by atoms with van der Waals surface area (Å²) in [5.74, 6) is 4.58. The van der Waals surface area contributed by atoms with E-state index in [0.29, 0.717) is 92.4 Å². The number of nitriles is 2. The molecule has 566 valence electrons. The minimum atomic E-state index is -0.631. The van der Waals surface area contributed by atoms with Crippen molar-refractivity contribution in [3.8, 4) is 46.2 Å². The number of oxazole rings is 2. The third-order valence-corrected chi connectivity index (χ3v) is 23.3. The van der Waals surface area contributed by atoms with Crippen LogP contribution in [0.2, 0.25) is 0 Å². The number of nitrogens with zero attached hydrogens (tertiary/aromatic N) is 6. The molecule has 0 aliphatic rings. The number of fused-ring (bicyclic) bond motifs is 3. The van der Waals surface area contributed by atoms with Crippen molar-refractivity contribution < 1.29 is 18.3 Å². The molecular weight excluding hydrogens is 1350 g/mol. The minimum absolute atomic E-state index is 0.161. The first kappa shape index (κ1) is 79.5. The van der Waals surface area contributed by atoms with Gasteiger partial charge in [-0.25, -0.2) is 9.97 Å². The van der Waals surface area contributed by atoms with E-state index in [4.69, 9.17) is 28.3 Å². The van der Waals surface area contributed by atoms with E-state index in [1.54, 1.807) is 0 Å². The smallest absolute Gasteiger partial charge is 0.328 e. The first-order valence-corrected chi connectivity index (χ1v) is 41.6. The van der Waals surface area contributed by atoms with Crippen LogP contribution in [0.1, 0.15) is 207 Å². The molecule has 0 amide bonds. The lowest BCUT2D eigenvalue weighted by Crippen LogP contribution is -2.54. The fourth-order valence-corrected chi connectivity index (χ4v) is 16.8. The molecule has 0 aliphatic heterocycles. The summed E-state index contributed by atoms with van der Waals surface area (Å²) >= 11 is 0. The highest BCUT2D eigenvalue weighted by atomic mass is 16.5. The van der Waals surface area contributed by atoms with Crippen molar-refractivity contribution >= 4 is 79.7 Å². The average Bonchev–Trinajstić information content (AvgIpc) is 1.52. The van der Waals surface area contributed by atoms with Gasteiger partial charge >= 0.3 is 13.7 Å². The Morgan fingerprint density at radius 3 is 1.08 bits per heavy atom. The lowest BCUT2D eigenvalue weighted by atomic mass is 9.50. The molecule has 0 fully saturated rings. The fraction of sp³-hybridized carbons (Fsp3) is 0.388. The highest BCUT2D eigenvalue weighted by molar-refractivity contribution is 6.85. The molecule has 12 heteroatoms. The maximum absolute atomic E-state index is 12.8. The molecule has 8 aromatic carbocycles. The van der Waals surface area contributed by atoms with Crippen LogP contribution in [0.25, 0.3) is 66.6 Å². The quantitative estimate of drug-likeness (QED) is 0.0274. The Hall–Kier alpha value is -10.0. The van der Waals surface area contributed by atoms with E-state index in [0.717, 1.165) is 106 Å². The Morgan fingerprint density at radius 1 is 0.400 bits per heavy atom. The third kappa shape index (κ3) is 19.0. The van der Waals surface area contributed by atoms with Gasteiger partial charge in [0.1, 0.15) is 45.8 Å². The molecule has 10 nitrogen and oxygen atoms in total. The number of aromatic nitrogens is 4. The predicted octanol–water partition coefficient (Wildman–Crippen LogP) is 21.8. The second kappa shape index (κ2) is 39.0. The van der Waals surface area contributed by atoms with E-state index in [1.165, 1.54) is 89.9 Å². The zero-order valence-corrected chi connectivity index (χ0v) is 67.1. The lowest BCUT2D eigenvalue weighted by Gasteiger charge is -2.26.